The zero-order chi connectivity index (χ0) is 9.68. The first-order valence-corrected chi connectivity index (χ1v) is 5.23. The molecule has 0 saturated carbocycles. The van der Waals surface area contributed by atoms with Crippen LogP contribution < -0.4 is 0 Å². The van der Waals surface area contributed by atoms with Gasteiger partial charge >= 0.3 is 0 Å². The van der Waals surface area contributed by atoms with Gasteiger partial charge in [0, 0.05) is 5.75 Å². The van der Waals surface area contributed by atoms with Crippen molar-refractivity contribution in [3.05, 3.63) is 35.6 Å². The van der Waals surface area contributed by atoms with E-state index in [1.807, 2.05) is 0 Å². The third-order valence-electron chi connectivity index (χ3n) is 1.67. The van der Waals surface area contributed by atoms with Gasteiger partial charge in [-0.2, -0.15) is 0 Å². The summed E-state index contributed by atoms with van der Waals surface area (Å²) in [6, 6.07) is 6.21. The van der Waals surface area contributed by atoms with Gasteiger partial charge in [-0.25, -0.2) is 4.39 Å². The predicted molar refractivity (Wildman–Crippen MR) is 48.5 cm³/mol. The topological polar surface area (TPSA) is 40.1 Å². The summed E-state index contributed by atoms with van der Waals surface area (Å²) in [5.41, 5.74) is 0.838. The second-order valence-corrected chi connectivity index (χ2v) is 3.76. The minimum absolute atomic E-state index is 0.135. The third-order valence-corrected chi connectivity index (χ3v) is 2.29. The summed E-state index contributed by atoms with van der Waals surface area (Å²) in [5, 5.41) is 0. The van der Waals surface area contributed by atoms with Gasteiger partial charge in [0.15, 0.2) is 0 Å². The van der Waals surface area contributed by atoms with Crippen LogP contribution in [0.5, 0.6) is 0 Å². The largest absolute Gasteiger partial charge is 0.772 e. The smallest absolute Gasteiger partial charge is 0.123 e. The van der Waals surface area contributed by atoms with Crippen LogP contribution in [0, 0.1) is 5.82 Å². The molecule has 72 valence electrons. The molecule has 13 heavy (non-hydrogen) atoms. The van der Waals surface area contributed by atoms with Crippen molar-refractivity contribution in [2.75, 3.05) is 5.75 Å². The maximum absolute atomic E-state index is 12.6. The zero-order valence-corrected chi connectivity index (χ0v) is 7.85. The molecule has 1 atom stereocenters. The maximum Gasteiger partial charge on any atom is 0.123 e. The van der Waals surface area contributed by atoms with Crippen molar-refractivity contribution in [2.45, 2.75) is 12.8 Å². The Labute approximate surface area is 79.1 Å². The lowest BCUT2D eigenvalue weighted by atomic mass is 10.1. The summed E-state index contributed by atoms with van der Waals surface area (Å²) in [7, 11) is 0. The van der Waals surface area contributed by atoms with Crippen LogP contribution in [0.4, 0.5) is 4.39 Å². The first-order valence-electron chi connectivity index (χ1n) is 3.99. The van der Waals surface area contributed by atoms with Gasteiger partial charge < -0.3 is 4.55 Å². The van der Waals surface area contributed by atoms with Crippen molar-refractivity contribution in [2.24, 2.45) is 0 Å². The van der Waals surface area contributed by atoms with Gasteiger partial charge in [0.05, 0.1) is 0 Å². The van der Waals surface area contributed by atoms with Gasteiger partial charge in [-0.05, 0) is 30.5 Å². The van der Waals surface area contributed by atoms with E-state index in [-0.39, 0.29) is 11.6 Å². The maximum atomic E-state index is 12.6. The van der Waals surface area contributed by atoms with Crippen LogP contribution in [0.25, 0.3) is 0 Å². The van der Waals surface area contributed by atoms with E-state index in [1.54, 1.807) is 12.1 Å². The molecule has 0 N–H and O–H groups in total. The fourth-order valence-electron chi connectivity index (χ4n) is 1.09. The van der Waals surface area contributed by atoms with Gasteiger partial charge in [0.2, 0.25) is 0 Å². The average Bonchev–Trinajstić information content (AvgIpc) is 2.03. The van der Waals surface area contributed by atoms with Crippen LogP contribution in [0.15, 0.2) is 24.3 Å². The molecule has 1 rings (SSSR count). The molecule has 0 bridgehead atoms. The molecule has 0 aliphatic heterocycles. The monoisotopic (exact) mass is 201 g/mol. The Balaban J connectivity index is 2.41. The highest BCUT2D eigenvalue weighted by Gasteiger charge is 1.95. The molecule has 0 aromatic heterocycles. The second-order valence-electron chi connectivity index (χ2n) is 2.74. The molecule has 2 nitrogen and oxygen atoms in total. The van der Waals surface area contributed by atoms with Crippen LogP contribution in [0.3, 0.4) is 0 Å². The van der Waals surface area contributed by atoms with Crippen molar-refractivity contribution >= 4 is 11.1 Å². The Hall–Kier alpha value is -0.740. The van der Waals surface area contributed by atoms with Crippen LogP contribution in [0.2, 0.25) is 0 Å². The van der Waals surface area contributed by atoms with Gasteiger partial charge in [0.1, 0.15) is 5.82 Å². The molecule has 4 heteroatoms. The van der Waals surface area contributed by atoms with Crippen LogP contribution in [-0.2, 0) is 17.5 Å². The second kappa shape index (κ2) is 5.09. The molecule has 1 unspecified atom stereocenters. The van der Waals surface area contributed by atoms with E-state index in [2.05, 4.69) is 0 Å². The van der Waals surface area contributed by atoms with E-state index in [0.29, 0.717) is 12.8 Å². The predicted octanol–water partition coefficient (Wildman–Crippen LogP) is 1.64. The molecule has 1 aromatic rings. The molecule has 0 amide bonds. The van der Waals surface area contributed by atoms with Crippen molar-refractivity contribution < 1.29 is 13.2 Å². The minimum Gasteiger partial charge on any atom is -0.772 e. The number of hydrogen-bond acceptors (Lipinski definition) is 2. The van der Waals surface area contributed by atoms with E-state index in [0.717, 1.165) is 5.56 Å². The summed E-state index contributed by atoms with van der Waals surface area (Å²) >= 11 is -1.99. The quantitative estimate of drug-likeness (QED) is 0.695. The zero-order valence-electron chi connectivity index (χ0n) is 7.03. The van der Waals surface area contributed by atoms with Crippen LogP contribution >= 0.6 is 0 Å². The van der Waals surface area contributed by atoms with Crippen molar-refractivity contribution in [3.8, 4) is 0 Å². The first kappa shape index (κ1) is 10.3. The minimum atomic E-state index is -1.99. The first-order chi connectivity index (χ1) is 6.18. The SMILES string of the molecule is O=S([O-])CCCc1cccc(F)c1. The van der Waals surface area contributed by atoms with Crippen molar-refractivity contribution in [3.63, 3.8) is 0 Å². The van der Waals surface area contributed by atoms with E-state index >= 15 is 0 Å². The van der Waals surface area contributed by atoms with Gasteiger partial charge in [-0.1, -0.05) is 23.2 Å². The number of rotatable bonds is 4. The Morgan fingerprint density at radius 2 is 2.23 bits per heavy atom. The molecule has 0 heterocycles. The third kappa shape index (κ3) is 4.15. The summed E-state index contributed by atoms with van der Waals surface area (Å²) in [6.45, 7) is 0. The van der Waals surface area contributed by atoms with Crippen LogP contribution in [-0.4, -0.2) is 14.5 Å². The lowest BCUT2D eigenvalue weighted by Crippen LogP contribution is -1.97. The van der Waals surface area contributed by atoms with Gasteiger partial charge in [-0.3, -0.25) is 4.21 Å². The molecule has 0 radical (unpaired) electrons. The number of hydrogen-bond donors (Lipinski definition) is 0. The van der Waals surface area contributed by atoms with E-state index in [4.69, 9.17) is 0 Å². The summed E-state index contributed by atoms with van der Waals surface area (Å²) in [4.78, 5) is 0. The number of halogens is 1. The van der Waals surface area contributed by atoms with Crippen molar-refractivity contribution in [1.82, 2.24) is 0 Å². The van der Waals surface area contributed by atoms with Gasteiger partial charge in [-0.15, -0.1) is 0 Å². The lowest BCUT2D eigenvalue weighted by Gasteiger charge is -2.04. The lowest BCUT2D eigenvalue weighted by molar-refractivity contribution is 0.535. The average molecular weight is 201 g/mol. The summed E-state index contributed by atoms with van der Waals surface area (Å²) < 4.78 is 33.0. The van der Waals surface area contributed by atoms with Crippen LogP contribution in [0.1, 0.15) is 12.0 Å². The Morgan fingerprint density at radius 1 is 1.46 bits per heavy atom. The molecule has 0 fully saturated rings. The molecule has 0 saturated heterocycles. The van der Waals surface area contributed by atoms with E-state index < -0.39 is 11.1 Å². The number of aryl methyl sites for hydroxylation is 1. The molecule has 0 aliphatic rings. The fourth-order valence-corrected chi connectivity index (χ4v) is 1.47. The summed E-state index contributed by atoms with van der Waals surface area (Å²) in [6.07, 6.45) is 1.14. The van der Waals surface area contributed by atoms with E-state index in [1.165, 1.54) is 12.1 Å². The summed E-state index contributed by atoms with van der Waals surface area (Å²) in [5.74, 6) is -0.142. The normalized spacial score (nSPS) is 12.8. The van der Waals surface area contributed by atoms with Gasteiger partial charge in [0.25, 0.3) is 0 Å². The molecule has 0 aliphatic carbocycles. The number of benzene rings is 1. The van der Waals surface area contributed by atoms with Crippen molar-refractivity contribution in [1.29, 1.82) is 0 Å². The molecule has 0 spiro atoms. The Kier molecular flexibility index (Phi) is 4.05. The fraction of sp³-hybridized carbons (Fsp3) is 0.333. The highest BCUT2D eigenvalue weighted by atomic mass is 32.2. The highest BCUT2D eigenvalue weighted by molar-refractivity contribution is 7.79. The molecule has 1 aromatic carbocycles. The molecular formula is C9H10FO2S-. The highest BCUT2D eigenvalue weighted by Crippen LogP contribution is 2.06. The van der Waals surface area contributed by atoms with E-state index in [9.17, 15) is 13.2 Å². The Morgan fingerprint density at radius 3 is 2.85 bits per heavy atom. The molecular weight excluding hydrogens is 191 g/mol. The Bertz CT molecular complexity index is 301. The standard InChI is InChI=1S/C9H11FO2S/c10-9-5-1-3-8(7-9)4-2-6-13(11)12/h1,3,5,7H,2,4,6H2,(H,11,12)/p-1.